The molecule has 0 unspecified atom stereocenters. The van der Waals surface area contributed by atoms with E-state index in [2.05, 4.69) is 5.32 Å². The number of amides is 1. The third kappa shape index (κ3) is 3.46. The van der Waals surface area contributed by atoms with E-state index in [1.54, 1.807) is 41.3 Å². The Hall–Kier alpha value is -1.70. The number of thiophene rings is 1. The first-order valence-electron chi connectivity index (χ1n) is 7.49. The molecule has 1 aromatic heterocycles. The molecule has 0 spiro atoms. The molecular weight excluding hydrogens is 332 g/mol. The summed E-state index contributed by atoms with van der Waals surface area (Å²) in [7, 11) is -3.55. The van der Waals surface area contributed by atoms with Crippen LogP contribution in [-0.4, -0.2) is 45.4 Å². The van der Waals surface area contributed by atoms with Gasteiger partial charge in [0.25, 0.3) is 5.91 Å². The molecule has 122 valence electrons. The highest BCUT2D eigenvalue weighted by atomic mass is 32.2. The second kappa shape index (κ2) is 6.82. The van der Waals surface area contributed by atoms with Gasteiger partial charge in [0, 0.05) is 19.6 Å². The van der Waals surface area contributed by atoms with Gasteiger partial charge in [-0.1, -0.05) is 18.2 Å². The predicted octanol–water partition coefficient (Wildman–Crippen LogP) is 2.02. The molecule has 1 amide bonds. The zero-order valence-corrected chi connectivity index (χ0v) is 14.2. The topological polar surface area (TPSA) is 66.5 Å². The van der Waals surface area contributed by atoms with Gasteiger partial charge in [0.1, 0.15) is 4.21 Å². The molecule has 5 nitrogen and oxygen atoms in total. The number of carbonyl (C=O) groups excluding carboxylic acids is 1. The van der Waals surface area contributed by atoms with Gasteiger partial charge in [0.2, 0.25) is 9.84 Å². The first-order chi connectivity index (χ1) is 11.1. The molecule has 0 atom stereocenters. The van der Waals surface area contributed by atoms with Crippen LogP contribution in [0.2, 0.25) is 0 Å². The van der Waals surface area contributed by atoms with Crippen LogP contribution in [0.1, 0.15) is 16.1 Å². The fraction of sp³-hybridized carbons (Fsp3) is 0.312. The number of nitrogens with zero attached hydrogens (tertiary/aromatic N) is 1. The molecule has 1 saturated heterocycles. The van der Waals surface area contributed by atoms with Crippen molar-refractivity contribution in [3.8, 4) is 0 Å². The molecule has 0 radical (unpaired) electrons. The van der Waals surface area contributed by atoms with E-state index in [9.17, 15) is 13.2 Å². The van der Waals surface area contributed by atoms with Gasteiger partial charge >= 0.3 is 0 Å². The SMILES string of the molecule is O=C(c1ccc(S(=O)(=O)c2ccccc2)s1)N1CCCNCC1. The van der Waals surface area contributed by atoms with Crippen LogP contribution in [0.3, 0.4) is 0 Å². The maximum atomic E-state index is 12.6. The lowest BCUT2D eigenvalue weighted by molar-refractivity contribution is 0.0771. The second-order valence-corrected chi connectivity index (χ2v) is 8.59. The van der Waals surface area contributed by atoms with Gasteiger partial charge in [0.15, 0.2) is 0 Å². The van der Waals surface area contributed by atoms with Crippen molar-refractivity contribution in [2.75, 3.05) is 26.2 Å². The summed E-state index contributed by atoms with van der Waals surface area (Å²) >= 11 is 1.04. The summed E-state index contributed by atoms with van der Waals surface area (Å²) < 4.78 is 25.4. The molecule has 3 rings (SSSR count). The summed E-state index contributed by atoms with van der Waals surface area (Å²) in [6.07, 6.45) is 0.909. The molecule has 1 aliphatic rings. The summed E-state index contributed by atoms with van der Waals surface area (Å²) in [5.74, 6) is -0.0896. The molecule has 2 heterocycles. The van der Waals surface area contributed by atoms with Crippen LogP contribution in [0.15, 0.2) is 51.6 Å². The summed E-state index contributed by atoms with van der Waals surface area (Å²) in [6, 6.07) is 11.4. The largest absolute Gasteiger partial charge is 0.337 e. The lowest BCUT2D eigenvalue weighted by Gasteiger charge is -2.18. The number of sulfone groups is 1. The van der Waals surface area contributed by atoms with Crippen LogP contribution in [0.25, 0.3) is 0 Å². The lowest BCUT2D eigenvalue weighted by Crippen LogP contribution is -2.33. The number of hydrogen-bond donors (Lipinski definition) is 1. The average molecular weight is 350 g/mol. The highest BCUT2D eigenvalue weighted by molar-refractivity contribution is 7.93. The Bertz CT molecular complexity index is 777. The van der Waals surface area contributed by atoms with Crippen molar-refractivity contribution in [1.82, 2.24) is 10.2 Å². The molecule has 2 aromatic rings. The standard InChI is InChI=1S/C16H18N2O3S2/c19-16(18-11-4-9-17-10-12-18)14-7-8-15(22-14)23(20,21)13-5-2-1-3-6-13/h1-3,5-8,17H,4,9-12H2. The molecule has 1 aromatic carbocycles. The molecule has 1 fully saturated rings. The lowest BCUT2D eigenvalue weighted by atomic mass is 10.3. The van der Waals surface area contributed by atoms with Crippen LogP contribution >= 0.6 is 11.3 Å². The van der Waals surface area contributed by atoms with E-state index < -0.39 is 9.84 Å². The van der Waals surface area contributed by atoms with Gasteiger partial charge in [-0.05, 0) is 37.2 Å². The van der Waals surface area contributed by atoms with Crippen molar-refractivity contribution in [3.63, 3.8) is 0 Å². The van der Waals surface area contributed by atoms with E-state index in [-0.39, 0.29) is 15.0 Å². The zero-order valence-electron chi connectivity index (χ0n) is 12.6. The van der Waals surface area contributed by atoms with Crippen molar-refractivity contribution in [2.45, 2.75) is 15.5 Å². The fourth-order valence-corrected chi connectivity index (χ4v) is 5.20. The Kier molecular flexibility index (Phi) is 4.79. The van der Waals surface area contributed by atoms with E-state index in [4.69, 9.17) is 0 Å². The Morgan fingerprint density at radius 1 is 1.04 bits per heavy atom. The maximum Gasteiger partial charge on any atom is 0.264 e. The number of rotatable bonds is 3. The van der Waals surface area contributed by atoms with Crippen molar-refractivity contribution < 1.29 is 13.2 Å². The summed E-state index contributed by atoms with van der Waals surface area (Å²) in [6.45, 7) is 3.02. The van der Waals surface area contributed by atoms with E-state index >= 15 is 0 Å². The van der Waals surface area contributed by atoms with Crippen LogP contribution in [0.5, 0.6) is 0 Å². The molecular formula is C16H18N2O3S2. The predicted molar refractivity (Wildman–Crippen MR) is 89.6 cm³/mol. The molecule has 1 aliphatic heterocycles. The van der Waals surface area contributed by atoms with Gasteiger partial charge in [-0.2, -0.15) is 0 Å². The summed E-state index contributed by atoms with van der Waals surface area (Å²) in [5.41, 5.74) is 0. The Balaban J connectivity index is 1.84. The number of hydrogen-bond acceptors (Lipinski definition) is 5. The van der Waals surface area contributed by atoms with E-state index in [1.165, 1.54) is 6.07 Å². The van der Waals surface area contributed by atoms with E-state index in [0.717, 1.165) is 30.8 Å². The highest BCUT2D eigenvalue weighted by Crippen LogP contribution is 2.28. The van der Waals surface area contributed by atoms with Gasteiger partial charge < -0.3 is 10.2 Å². The van der Waals surface area contributed by atoms with Crippen LogP contribution < -0.4 is 5.32 Å². The van der Waals surface area contributed by atoms with Crippen molar-refractivity contribution in [1.29, 1.82) is 0 Å². The van der Waals surface area contributed by atoms with Crippen LogP contribution in [-0.2, 0) is 9.84 Å². The maximum absolute atomic E-state index is 12.6. The normalized spacial score (nSPS) is 16.1. The Morgan fingerprint density at radius 3 is 2.61 bits per heavy atom. The van der Waals surface area contributed by atoms with Gasteiger partial charge in [-0.25, -0.2) is 8.42 Å². The summed E-state index contributed by atoms with van der Waals surface area (Å²) in [5, 5.41) is 3.25. The minimum absolute atomic E-state index is 0.0896. The van der Waals surface area contributed by atoms with Gasteiger partial charge in [0.05, 0.1) is 9.77 Å². The first-order valence-corrected chi connectivity index (χ1v) is 9.79. The first kappa shape index (κ1) is 16.2. The van der Waals surface area contributed by atoms with Crippen molar-refractivity contribution >= 4 is 27.1 Å². The number of nitrogens with one attached hydrogen (secondary N) is 1. The third-order valence-corrected chi connectivity index (χ3v) is 7.07. The highest BCUT2D eigenvalue weighted by Gasteiger charge is 2.24. The van der Waals surface area contributed by atoms with Crippen molar-refractivity contribution in [3.05, 3.63) is 47.3 Å². The van der Waals surface area contributed by atoms with Crippen LogP contribution in [0.4, 0.5) is 0 Å². The average Bonchev–Trinajstić information content (AvgIpc) is 2.92. The third-order valence-electron chi connectivity index (χ3n) is 3.74. The van der Waals surface area contributed by atoms with Crippen molar-refractivity contribution in [2.24, 2.45) is 0 Å². The molecule has 1 N–H and O–H groups in total. The minimum atomic E-state index is -3.55. The smallest absolute Gasteiger partial charge is 0.264 e. The number of carbonyl (C=O) groups is 1. The van der Waals surface area contributed by atoms with E-state index in [0.29, 0.717) is 18.0 Å². The van der Waals surface area contributed by atoms with E-state index in [1.807, 2.05) is 0 Å². The second-order valence-electron chi connectivity index (χ2n) is 5.33. The van der Waals surface area contributed by atoms with Crippen LogP contribution in [0, 0.1) is 0 Å². The Morgan fingerprint density at radius 2 is 1.83 bits per heavy atom. The fourth-order valence-electron chi connectivity index (χ4n) is 2.50. The van der Waals surface area contributed by atoms with Gasteiger partial charge in [-0.15, -0.1) is 11.3 Å². The zero-order chi connectivity index (χ0) is 16.3. The molecule has 0 saturated carbocycles. The molecule has 7 heteroatoms. The Labute approximate surface area is 139 Å². The molecule has 23 heavy (non-hydrogen) atoms. The number of benzene rings is 1. The monoisotopic (exact) mass is 350 g/mol. The van der Waals surface area contributed by atoms with Gasteiger partial charge in [-0.3, -0.25) is 4.79 Å². The molecule has 0 bridgehead atoms. The quantitative estimate of drug-likeness (QED) is 0.920. The minimum Gasteiger partial charge on any atom is -0.337 e. The summed E-state index contributed by atoms with van der Waals surface area (Å²) in [4.78, 5) is 15.0. The molecule has 0 aliphatic carbocycles.